The molecule has 0 aromatic carbocycles. The summed E-state index contributed by atoms with van der Waals surface area (Å²) in [4.78, 5) is 41.6. The molecule has 1 aliphatic carbocycles. The molecule has 0 unspecified atom stereocenters. The van der Waals surface area contributed by atoms with Gasteiger partial charge in [-0.2, -0.15) is 0 Å². The molecule has 3 heterocycles. The van der Waals surface area contributed by atoms with Crippen molar-refractivity contribution in [1.82, 2.24) is 14.7 Å². The number of anilines is 1. The Bertz CT molecular complexity index is 1080. The fraction of sp³-hybridized carbons (Fsp3) is 0.333. The SMILES string of the molecule is O=C(NCC1CCCCC1)c1ccc2ncc(NC(=O)c3ccco3)c(=O)n2c1. The first-order valence-electron chi connectivity index (χ1n) is 9.76. The lowest BCUT2D eigenvalue weighted by molar-refractivity contribution is 0.0942. The van der Waals surface area contributed by atoms with Crippen LogP contribution in [-0.4, -0.2) is 27.7 Å². The molecule has 0 radical (unpaired) electrons. The Morgan fingerprint density at radius 1 is 1.14 bits per heavy atom. The molecule has 3 aromatic heterocycles. The number of amides is 2. The Labute approximate surface area is 166 Å². The Kier molecular flexibility index (Phi) is 5.41. The molecule has 29 heavy (non-hydrogen) atoms. The minimum Gasteiger partial charge on any atom is -0.459 e. The van der Waals surface area contributed by atoms with Crippen LogP contribution < -0.4 is 16.2 Å². The van der Waals surface area contributed by atoms with Crippen LogP contribution in [0, 0.1) is 5.92 Å². The van der Waals surface area contributed by atoms with Gasteiger partial charge in [0.25, 0.3) is 17.4 Å². The molecule has 1 aliphatic rings. The number of carbonyl (C=O) groups excluding carboxylic acids is 2. The van der Waals surface area contributed by atoms with E-state index < -0.39 is 11.5 Å². The number of nitrogens with one attached hydrogen (secondary N) is 2. The van der Waals surface area contributed by atoms with Gasteiger partial charge in [-0.3, -0.25) is 18.8 Å². The molecule has 0 bridgehead atoms. The van der Waals surface area contributed by atoms with Crippen molar-refractivity contribution in [2.45, 2.75) is 32.1 Å². The molecule has 8 heteroatoms. The first-order valence-corrected chi connectivity index (χ1v) is 9.76. The number of furan rings is 1. The predicted molar refractivity (Wildman–Crippen MR) is 107 cm³/mol. The number of hydrogen-bond donors (Lipinski definition) is 2. The molecular weight excluding hydrogens is 372 g/mol. The fourth-order valence-electron chi connectivity index (χ4n) is 3.62. The zero-order valence-corrected chi connectivity index (χ0v) is 15.9. The Balaban J connectivity index is 1.52. The molecule has 150 valence electrons. The van der Waals surface area contributed by atoms with E-state index in [0.717, 1.165) is 12.8 Å². The zero-order valence-electron chi connectivity index (χ0n) is 15.9. The minimum atomic E-state index is -0.546. The number of rotatable bonds is 5. The van der Waals surface area contributed by atoms with Crippen molar-refractivity contribution in [3.8, 4) is 0 Å². The van der Waals surface area contributed by atoms with E-state index in [2.05, 4.69) is 15.6 Å². The van der Waals surface area contributed by atoms with Gasteiger partial charge >= 0.3 is 0 Å². The highest BCUT2D eigenvalue weighted by Gasteiger charge is 2.16. The Morgan fingerprint density at radius 3 is 2.72 bits per heavy atom. The highest BCUT2D eigenvalue weighted by Crippen LogP contribution is 2.22. The van der Waals surface area contributed by atoms with Gasteiger partial charge < -0.3 is 15.1 Å². The highest BCUT2D eigenvalue weighted by molar-refractivity contribution is 6.02. The van der Waals surface area contributed by atoms with Crippen molar-refractivity contribution in [2.24, 2.45) is 5.92 Å². The van der Waals surface area contributed by atoms with Gasteiger partial charge in [-0.15, -0.1) is 0 Å². The molecular formula is C21H22N4O4. The summed E-state index contributed by atoms with van der Waals surface area (Å²) in [6.07, 6.45) is 10.1. The second-order valence-electron chi connectivity index (χ2n) is 7.27. The standard InChI is InChI=1S/C21H22N4O4/c26-19(23-11-14-5-2-1-3-6-14)15-8-9-18-22-12-16(21(28)25(18)13-15)24-20(27)17-7-4-10-29-17/h4,7-10,12-14H,1-3,5-6,11H2,(H,23,26)(H,24,27). The van der Waals surface area contributed by atoms with Crippen LogP contribution in [0.15, 0.2) is 52.1 Å². The van der Waals surface area contributed by atoms with Gasteiger partial charge in [-0.05, 0) is 43.0 Å². The highest BCUT2D eigenvalue weighted by atomic mass is 16.3. The molecule has 2 N–H and O–H groups in total. The molecule has 2 amide bonds. The number of carbonyl (C=O) groups is 2. The largest absolute Gasteiger partial charge is 0.459 e. The summed E-state index contributed by atoms with van der Waals surface area (Å²) in [5, 5.41) is 5.45. The number of nitrogens with zero attached hydrogens (tertiary/aromatic N) is 2. The van der Waals surface area contributed by atoms with Crippen molar-refractivity contribution in [2.75, 3.05) is 11.9 Å². The van der Waals surface area contributed by atoms with E-state index in [1.165, 1.54) is 48.4 Å². The van der Waals surface area contributed by atoms with Crippen LogP contribution in [0.25, 0.3) is 5.65 Å². The van der Waals surface area contributed by atoms with E-state index in [9.17, 15) is 14.4 Å². The van der Waals surface area contributed by atoms with Crippen LogP contribution in [0.3, 0.4) is 0 Å². The normalized spacial score (nSPS) is 14.6. The molecule has 0 saturated heterocycles. The van der Waals surface area contributed by atoms with Crippen LogP contribution in [0.5, 0.6) is 0 Å². The van der Waals surface area contributed by atoms with Gasteiger partial charge in [0.2, 0.25) is 0 Å². The third-order valence-corrected chi connectivity index (χ3v) is 5.23. The van der Waals surface area contributed by atoms with Crippen LogP contribution in [0.2, 0.25) is 0 Å². The van der Waals surface area contributed by atoms with Gasteiger partial charge in [0, 0.05) is 12.7 Å². The molecule has 8 nitrogen and oxygen atoms in total. The summed E-state index contributed by atoms with van der Waals surface area (Å²) < 4.78 is 6.29. The monoisotopic (exact) mass is 394 g/mol. The van der Waals surface area contributed by atoms with Crippen molar-refractivity contribution in [3.63, 3.8) is 0 Å². The maximum atomic E-state index is 12.8. The molecule has 4 rings (SSSR count). The summed E-state index contributed by atoms with van der Waals surface area (Å²) in [5.74, 6) is -0.170. The summed E-state index contributed by atoms with van der Waals surface area (Å²) in [5.41, 5.74) is 0.280. The molecule has 0 atom stereocenters. The lowest BCUT2D eigenvalue weighted by atomic mass is 9.89. The van der Waals surface area contributed by atoms with Gasteiger partial charge in [0.05, 0.1) is 18.0 Å². The average molecular weight is 394 g/mol. The van der Waals surface area contributed by atoms with Crippen LogP contribution in [0.1, 0.15) is 53.0 Å². The van der Waals surface area contributed by atoms with E-state index in [1.807, 2.05) is 0 Å². The van der Waals surface area contributed by atoms with E-state index >= 15 is 0 Å². The lowest BCUT2D eigenvalue weighted by Crippen LogP contribution is -2.31. The van der Waals surface area contributed by atoms with Gasteiger partial charge in [-0.25, -0.2) is 4.98 Å². The predicted octanol–water partition coefficient (Wildman–Crippen LogP) is 2.85. The number of pyridine rings is 1. The smallest absolute Gasteiger partial charge is 0.291 e. The summed E-state index contributed by atoms with van der Waals surface area (Å²) in [6, 6.07) is 6.32. The van der Waals surface area contributed by atoms with Gasteiger partial charge in [-0.1, -0.05) is 19.3 Å². The van der Waals surface area contributed by atoms with Crippen LogP contribution in [-0.2, 0) is 0 Å². The topological polar surface area (TPSA) is 106 Å². The number of hydrogen-bond acceptors (Lipinski definition) is 5. The first kappa shape index (κ1) is 18.9. The maximum absolute atomic E-state index is 12.8. The second-order valence-corrected chi connectivity index (χ2v) is 7.27. The molecule has 3 aromatic rings. The van der Waals surface area contributed by atoms with E-state index in [-0.39, 0.29) is 17.4 Å². The van der Waals surface area contributed by atoms with Gasteiger partial charge in [0.1, 0.15) is 11.3 Å². The van der Waals surface area contributed by atoms with E-state index in [4.69, 9.17) is 4.42 Å². The Morgan fingerprint density at radius 2 is 1.97 bits per heavy atom. The summed E-state index contributed by atoms with van der Waals surface area (Å²) in [7, 11) is 0. The van der Waals surface area contributed by atoms with Crippen molar-refractivity contribution < 1.29 is 14.0 Å². The van der Waals surface area contributed by atoms with Crippen molar-refractivity contribution in [1.29, 1.82) is 0 Å². The molecule has 0 aliphatic heterocycles. The van der Waals surface area contributed by atoms with E-state index in [1.54, 1.807) is 18.2 Å². The third-order valence-electron chi connectivity index (χ3n) is 5.23. The van der Waals surface area contributed by atoms with Crippen molar-refractivity contribution >= 4 is 23.1 Å². The number of aromatic nitrogens is 2. The summed E-state index contributed by atoms with van der Waals surface area (Å²) >= 11 is 0. The lowest BCUT2D eigenvalue weighted by Gasteiger charge is -2.21. The van der Waals surface area contributed by atoms with Crippen LogP contribution in [0.4, 0.5) is 5.69 Å². The average Bonchev–Trinajstić information content (AvgIpc) is 3.30. The minimum absolute atomic E-state index is 0.00339. The number of fused-ring (bicyclic) bond motifs is 1. The van der Waals surface area contributed by atoms with E-state index in [0.29, 0.717) is 23.7 Å². The summed E-state index contributed by atoms with van der Waals surface area (Å²) in [6.45, 7) is 0.642. The van der Waals surface area contributed by atoms with Crippen LogP contribution >= 0.6 is 0 Å². The second kappa shape index (κ2) is 8.30. The van der Waals surface area contributed by atoms with Crippen molar-refractivity contribution in [3.05, 3.63) is 64.6 Å². The molecule has 1 fully saturated rings. The molecule has 1 saturated carbocycles. The quantitative estimate of drug-likeness (QED) is 0.692. The maximum Gasteiger partial charge on any atom is 0.291 e. The van der Waals surface area contributed by atoms with Gasteiger partial charge in [0.15, 0.2) is 5.76 Å². The third kappa shape index (κ3) is 4.21. The zero-order chi connectivity index (χ0) is 20.2. The first-order chi connectivity index (χ1) is 14.1. The Hall–Kier alpha value is -3.42. The fourth-order valence-corrected chi connectivity index (χ4v) is 3.62. The molecule has 0 spiro atoms.